The smallest absolute Gasteiger partial charge is 0.249 e. The fraction of sp³-hybridized carbons (Fsp3) is 0.222. The zero-order valence-corrected chi connectivity index (χ0v) is 9.23. The minimum Gasteiger partial charge on any atom is -0.294 e. The van der Waals surface area contributed by atoms with Gasteiger partial charge >= 0.3 is 0 Å². The summed E-state index contributed by atoms with van der Waals surface area (Å²) in [6.07, 6.45) is 6.22. The first-order chi connectivity index (χ1) is 6.41. The van der Waals surface area contributed by atoms with Crippen molar-refractivity contribution in [2.24, 2.45) is 0 Å². The number of rotatable bonds is 3. The molecule has 0 aliphatic heterocycles. The van der Waals surface area contributed by atoms with E-state index >= 15 is 0 Å². The normalized spacial score (nSPS) is 15.5. The molecule has 0 bridgehead atoms. The van der Waals surface area contributed by atoms with Gasteiger partial charge in [0.1, 0.15) is 0 Å². The second-order valence-electron chi connectivity index (χ2n) is 2.69. The van der Waals surface area contributed by atoms with Crippen LogP contribution in [-0.2, 0) is 9.59 Å². The molecular weight excluding hydrogens is 246 g/mol. The molecule has 0 fully saturated rings. The standard InChI is InChI=1S/C9H6Cl3O2/c10-9(11,12)8(14)5-7(13)6-3-1-2-4-6/h1-4H,5H2. The van der Waals surface area contributed by atoms with Crippen molar-refractivity contribution in [3.8, 4) is 0 Å². The second kappa shape index (κ2) is 4.47. The van der Waals surface area contributed by atoms with Gasteiger partial charge in [0, 0.05) is 12.0 Å². The molecule has 1 aliphatic rings. The van der Waals surface area contributed by atoms with Crippen molar-refractivity contribution in [3.05, 3.63) is 30.2 Å². The van der Waals surface area contributed by atoms with Crippen LogP contribution in [0.25, 0.3) is 0 Å². The summed E-state index contributed by atoms with van der Waals surface area (Å²) in [4.78, 5) is 22.5. The maximum absolute atomic E-state index is 11.4. The average Bonchev–Trinajstić information content (AvgIpc) is 2.53. The third-order valence-electron chi connectivity index (χ3n) is 1.62. The Hall–Kier alpha value is -0.310. The van der Waals surface area contributed by atoms with Gasteiger partial charge in [-0.1, -0.05) is 53.0 Å². The van der Waals surface area contributed by atoms with Crippen LogP contribution in [0, 0.1) is 6.42 Å². The molecule has 0 saturated heterocycles. The summed E-state index contributed by atoms with van der Waals surface area (Å²) in [6.45, 7) is 0. The van der Waals surface area contributed by atoms with Crippen LogP contribution in [0.2, 0.25) is 0 Å². The van der Waals surface area contributed by atoms with Crippen LogP contribution in [0.1, 0.15) is 6.42 Å². The Balaban J connectivity index is 2.58. The lowest BCUT2D eigenvalue weighted by atomic mass is 10.1. The van der Waals surface area contributed by atoms with Crippen molar-refractivity contribution in [1.82, 2.24) is 0 Å². The molecular formula is C9H6Cl3O2. The van der Waals surface area contributed by atoms with Crippen LogP contribution in [0.3, 0.4) is 0 Å². The van der Waals surface area contributed by atoms with Gasteiger partial charge in [0.05, 0.1) is 6.42 Å². The largest absolute Gasteiger partial charge is 0.294 e. The molecule has 1 aliphatic carbocycles. The quantitative estimate of drug-likeness (QED) is 0.571. The molecule has 75 valence electrons. The summed E-state index contributed by atoms with van der Waals surface area (Å²) in [6, 6.07) is 0. The van der Waals surface area contributed by atoms with Gasteiger partial charge in [-0.25, -0.2) is 0 Å². The molecule has 0 aromatic heterocycles. The lowest BCUT2D eigenvalue weighted by Gasteiger charge is -2.07. The Morgan fingerprint density at radius 2 is 1.93 bits per heavy atom. The molecule has 0 aromatic rings. The predicted octanol–water partition coefficient (Wildman–Crippen LogP) is 2.59. The molecule has 2 nitrogen and oxygen atoms in total. The number of halogens is 3. The molecule has 5 heteroatoms. The maximum atomic E-state index is 11.4. The number of Topliss-reactive ketones (excluding diaryl/α,β-unsaturated/α-hetero) is 2. The van der Waals surface area contributed by atoms with E-state index in [2.05, 4.69) is 0 Å². The predicted molar refractivity (Wildman–Crippen MR) is 56.4 cm³/mol. The van der Waals surface area contributed by atoms with Gasteiger partial charge in [-0.15, -0.1) is 0 Å². The lowest BCUT2D eigenvalue weighted by molar-refractivity contribution is -0.124. The highest BCUT2D eigenvalue weighted by Gasteiger charge is 2.32. The van der Waals surface area contributed by atoms with Gasteiger partial charge in [0.15, 0.2) is 11.6 Å². The summed E-state index contributed by atoms with van der Waals surface area (Å²) in [5, 5.41) is 0. The van der Waals surface area contributed by atoms with E-state index in [1.807, 2.05) is 0 Å². The number of ketones is 2. The molecule has 1 rings (SSSR count). The van der Waals surface area contributed by atoms with E-state index in [-0.39, 0.29) is 12.2 Å². The summed E-state index contributed by atoms with van der Waals surface area (Å²) in [5.41, 5.74) is 0.451. The van der Waals surface area contributed by atoms with Gasteiger partial charge in [0.25, 0.3) is 0 Å². The molecule has 0 spiro atoms. The van der Waals surface area contributed by atoms with Crippen molar-refractivity contribution in [2.45, 2.75) is 10.2 Å². The molecule has 0 aromatic carbocycles. The first-order valence-electron chi connectivity index (χ1n) is 3.76. The Bertz CT molecular complexity index is 323. The number of allylic oxidation sites excluding steroid dienone is 4. The first kappa shape index (κ1) is 11.8. The van der Waals surface area contributed by atoms with Crippen molar-refractivity contribution in [1.29, 1.82) is 0 Å². The monoisotopic (exact) mass is 251 g/mol. The average molecular weight is 253 g/mol. The number of hydrogen-bond donors (Lipinski definition) is 0. The van der Waals surface area contributed by atoms with E-state index in [9.17, 15) is 9.59 Å². The van der Waals surface area contributed by atoms with Crippen molar-refractivity contribution in [2.75, 3.05) is 0 Å². The van der Waals surface area contributed by atoms with Crippen LogP contribution in [-0.4, -0.2) is 15.4 Å². The number of alkyl halides is 3. The van der Waals surface area contributed by atoms with Gasteiger partial charge in [-0.3, -0.25) is 9.59 Å². The van der Waals surface area contributed by atoms with Crippen LogP contribution in [0.5, 0.6) is 0 Å². The molecule has 0 unspecified atom stereocenters. The summed E-state index contributed by atoms with van der Waals surface area (Å²) in [7, 11) is 0. The molecule has 1 radical (unpaired) electrons. The fourth-order valence-corrected chi connectivity index (χ4v) is 1.11. The lowest BCUT2D eigenvalue weighted by Crippen LogP contribution is -2.22. The number of carbonyl (C=O) groups is 2. The van der Waals surface area contributed by atoms with Crippen molar-refractivity contribution in [3.63, 3.8) is 0 Å². The molecule has 14 heavy (non-hydrogen) atoms. The van der Waals surface area contributed by atoms with Gasteiger partial charge in [-0.2, -0.15) is 0 Å². The van der Waals surface area contributed by atoms with Crippen LogP contribution >= 0.6 is 34.8 Å². The first-order valence-corrected chi connectivity index (χ1v) is 4.89. The van der Waals surface area contributed by atoms with E-state index in [0.29, 0.717) is 5.57 Å². The third-order valence-corrected chi connectivity index (χ3v) is 2.25. The third kappa shape index (κ3) is 3.12. The minimum atomic E-state index is -2.01. The minimum absolute atomic E-state index is 0.341. The van der Waals surface area contributed by atoms with Crippen molar-refractivity contribution >= 4 is 46.4 Å². The van der Waals surface area contributed by atoms with E-state index < -0.39 is 9.58 Å². The zero-order valence-electron chi connectivity index (χ0n) is 6.97. The Morgan fingerprint density at radius 1 is 1.29 bits per heavy atom. The Labute approximate surface area is 96.5 Å². The van der Waals surface area contributed by atoms with Crippen molar-refractivity contribution < 1.29 is 9.59 Å². The number of carbonyl (C=O) groups excluding carboxylic acids is 2. The maximum Gasteiger partial charge on any atom is 0.249 e. The Kier molecular flexibility index (Phi) is 3.76. The molecule has 0 heterocycles. The van der Waals surface area contributed by atoms with Crippen LogP contribution < -0.4 is 0 Å². The number of hydrogen-bond acceptors (Lipinski definition) is 2. The molecule has 0 saturated carbocycles. The second-order valence-corrected chi connectivity index (χ2v) is 4.98. The van der Waals surface area contributed by atoms with Gasteiger partial charge < -0.3 is 0 Å². The summed E-state index contributed by atoms with van der Waals surface area (Å²) in [5.74, 6) is -1.06. The SMILES string of the molecule is O=C(CC(=O)C(Cl)(Cl)Cl)C1=C[CH]C=C1. The van der Waals surface area contributed by atoms with Gasteiger partial charge in [-0.05, 0) is 0 Å². The Morgan fingerprint density at radius 3 is 2.36 bits per heavy atom. The summed E-state index contributed by atoms with van der Waals surface area (Å²) < 4.78 is -2.01. The van der Waals surface area contributed by atoms with E-state index in [1.54, 1.807) is 24.6 Å². The highest BCUT2D eigenvalue weighted by Crippen LogP contribution is 2.29. The van der Waals surface area contributed by atoms with E-state index in [1.165, 1.54) is 0 Å². The fourth-order valence-electron chi connectivity index (χ4n) is 0.908. The summed E-state index contributed by atoms with van der Waals surface area (Å²) >= 11 is 16.0. The van der Waals surface area contributed by atoms with Crippen LogP contribution in [0.15, 0.2) is 23.8 Å². The topological polar surface area (TPSA) is 34.1 Å². The molecule has 0 amide bonds. The molecule has 0 N–H and O–H groups in total. The van der Waals surface area contributed by atoms with E-state index in [0.717, 1.165) is 0 Å². The zero-order chi connectivity index (χ0) is 10.8. The highest BCUT2D eigenvalue weighted by atomic mass is 35.6. The van der Waals surface area contributed by atoms with E-state index in [4.69, 9.17) is 34.8 Å². The molecule has 0 atom stereocenters. The van der Waals surface area contributed by atoms with Crippen LogP contribution in [0.4, 0.5) is 0 Å². The highest BCUT2D eigenvalue weighted by molar-refractivity contribution is 6.76. The van der Waals surface area contributed by atoms with Gasteiger partial charge in [0.2, 0.25) is 3.79 Å².